The molecular weight excluding hydrogens is 467 g/mol. The van der Waals surface area contributed by atoms with Gasteiger partial charge in [-0.25, -0.2) is 9.07 Å². The van der Waals surface area contributed by atoms with Gasteiger partial charge in [-0.05, 0) is 48.2 Å². The van der Waals surface area contributed by atoms with Crippen molar-refractivity contribution in [2.45, 2.75) is 36.2 Å². The molecule has 1 atom stereocenters. The van der Waals surface area contributed by atoms with E-state index in [2.05, 4.69) is 26.2 Å². The topological polar surface area (TPSA) is 59.8 Å². The third-order valence-corrected chi connectivity index (χ3v) is 6.75. The molecule has 30 heavy (non-hydrogen) atoms. The number of nitrogens with zero attached hydrogens (tertiary/aromatic N) is 3. The number of rotatable bonds is 4. The predicted molar refractivity (Wildman–Crippen MR) is 118 cm³/mol. The first-order chi connectivity index (χ1) is 14.6. The number of thioether (sulfide) groups is 1. The maximum Gasteiger partial charge on any atom is 0.227 e. The molecule has 1 aliphatic carbocycles. The second kappa shape index (κ2) is 8.00. The molecule has 152 valence electrons. The van der Waals surface area contributed by atoms with E-state index in [0.29, 0.717) is 23.3 Å². The van der Waals surface area contributed by atoms with E-state index in [4.69, 9.17) is 5.10 Å². The molecule has 1 aromatic heterocycles. The summed E-state index contributed by atoms with van der Waals surface area (Å²) in [6, 6.07) is 14.1. The van der Waals surface area contributed by atoms with Gasteiger partial charge in [-0.1, -0.05) is 52.0 Å². The van der Waals surface area contributed by atoms with Crippen molar-refractivity contribution in [2.75, 3.05) is 5.32 Å². The van der Waals surface area contributed by atoms with Crippen LogP contribution in [-0.4, -0.2) is 20.5 Å². The van der Waals surface area contributed by atoms with Crippen molar-refractivity contribution in [3.63, 3.8) is 0 Å². The molecule has 2 aromatic carbocycles. The highest BCUT2D eigenvalue weighted by atomic mass is 79.9. The summed E-state index contributed by atoms with van der Waals surface area (Å²) >= 11 is 4.97. The van der Waals surface area contributed by atoms with E-state index >= 15 is 0 Å². The number of halogens is 2. The van der Waals surface area contributed by atoms with E-state index < -0.39 is 0 Å². The highest BCUT2D eigenvalue weighted by Gasteiger charge is 2.36. The molecule has 8 heteroatoms. The number of hydrogen-bond acceptors (Lipinski definition) is 5. The Bertz CT molecular complexity index is 1140. The monoisotopic (exact) mass is 484 g/mol. The van der Waals surface area contributed by atoms with Crippen LogP contribution < -0.4 is 5.32 Å². The summed E-state index contributed by atoms with van der Waals surface area (Å²) in [7, 11) is 0. The van der Waals surface area contributed by atoms with Gasteiger partial charge >= 0.3 is 0 Å². The van der Waals surface area contributed by atoms with Gasteiger partial charge in [0.05, 0.1) is 0 Å². The molecule has 0 bridgehead atoms. The minimum absolute atomic E-state index is 0.165. The van der Waals surface area contributed by atoms with Gasteiger partial charge in [0, 0.05) is 27.9 Å². The minimum atomic E-state index is -0.287. The first kappa shape index (κ1) is 19.5. The Morgan fingerprint density at radius 1 is 1.13 bits per heavy atom. The number of hydrogen-bond donors (Lipinski definition) is 1. The zero-order valence-corrected chi connectivity index (χ0v) is 18.3. The largest absolute Gasteiger partial charge is 0.328 e. The SMILES string of the molecule is O=C1CCCC2=C1C(c1ccc(Br)cc1)n1nc(SCc3ccc(F)cc3)nc1N2. The molecule has 1 N–H and O–H groups in total. The molecule has 1 aliphatic heterocycles. The predicted octanol–water partition coefficient (Wildman–Crippen LogP) is 5.49. The number of carbonyl (C=O) groups is 1. The highest BCUT2D eigenvalue weighted by Crippen LogP contribution is 2.40. The van der Waals surface area contributed by atoms with E-state index in [1.54, 1.807) is 12.1 Å². The lowest BCUT2D eigenvalue weighted by molar-refractivity contribution is -0.116. The molecule has 5 nitrogen and oxygen atoms in total. The summed E-state index contributed by atoms with van der Waals surface area (Å²) in [5, 5.41) is 8.69. The second-order valence-corrected chi connectivity index (χ2v) is 9.18. The van der Waals surface area contributed by atoms with E-state index in [0.717, 1.165) is 39.7 Å². The molecule has 2 heterocycles. The van der Waals surface area contributed by atoms with Gasteiger partial charge in [-0.15, -0.1) is 5.10 Å². The van der Waals surface area contributed by atoms with Crippen LogP contribution in [-0.2, 0) is 10.5 Å². The number of carbonyl (C=O) groups excluding carboxylic acids is 1. The number of fused-ring (bicyclic) bond motifs is 1. The number of anilines is 1. The van der Waals surface area contributed by atoms with Crippen LogP contribution in [0.3, 0.4) is 0 Å². The molecule has 5 rings (SSSR count). The number of benzene rings is 2. The van der Waals surface area contributed by atoms with Crippen molar-refractivity contribution in [3.8, 4) is 0 Å². The van der Waals surface area contributed by atoms with Crippen LogP contribution in [0, 0.1) is 5.82 Å². The van der Waals surface area contributed by atoms with E-state index in [-0.39, 0.29) is 17.6 Å². The van der Waals surface area contributed by atoms with E-state index in [1.165, 1.54) is 23.9 Å². The fourth-order valence-corrected chi connectivity index (χ4v) is 4.93. The first-order valence-electron chi connectivity index (χ1n) is 9.71. The summed E-state index contributed by atoms with van der Waals surface area (Å²) in [5.74, 6) is 1.21. The Kier molecular flexibility index (Phi) is 5.20. The average Bonchev–Trinajstić information content (AvgIpc) is 3.15. The zero-order valence-electron chi connectivity index (χ0n) is 15.9. The number of nitrogens with one attached hydrogen (secondary N) is 1. The fraction of sp³-hybridized carbons (Fsp3) is 0.227. The number of Topliss-reactive ketones (excluding diaryl/α,β-unsaturated/α-hetero) is 1. The maximum atomic E-state index is 13.1. The molecule has 0 radical (unpaired) electrons. The van der Waals surface area contributed by atoms with Crippen LogP contribution in [0.4, 0.5) is 10.3 Å². The third kappa shape index (κ3) is 3.70. The van der Waals surface area contributed by atoms with Gasteiger partial charge in [0.1, 0.15) is 11.9 Å². The van der Waals surface area contributed by atoms with Gasteiger partial charge in [-0.2, -0.15) is 4.98 Å². The summed E-state index contributed by atoms with van der Waals surface area (Å²) in [6.07, 6.45) is 2.24. The van der Waals surface area contributed by atoms with Gasteiger partial charge in [0.2, 0.25) is 11.1 Å². The fourth-order valence-electron chi connectivity index (χ4n) is 3.88. The van der Waals surface area contributed by atoms with Crippen LogP contribution in [0.25, 0.3) is 0 Å². The number of aromatic nitrogens is 3. The van der Waals surface area contributed by atoms with Crippen LogP contribution in [0.1, 0.15) is 36.4 Å². The maximum absolute atomic E-state index is 13.1. The highest BCUT2D eigenvalue weighted by molar-refractivity contribution is 9.10. The Balaban J connectivity index is 1.49. The van der Waals surface area contributed by atoms with Gasteiger partial charge < -0.3 is 5.32 Å². The lowest BCUT2D eigenvalue weighted by Gasteiger charge is -2.32. The molecule has 0 saturated heterocycles. The average molecular weight is 485 g/mol. The van der Waals surface area contributed by atoms with Crippen molar-refractivity contribution < 1.29 is 9.18 Å². The van der Waals surface area contributed by atoms with Crippen LogP contribution in [0.5, 0.6) is 0 Å². The second-order valence-electron chi connectivity index (χ2n) is 7.33. The molecule has 0 amide bonds. The Morgan fingerprint density at radius 3 is 2.67 bits per heavy atom. The summed E-state index contributed by atoms with van der Waals surface area (Å²) in [6.45, 7) is 0. The number of ketones is 1. The van der Waals surface area contributed by atoms with Crippen LogP contribution in [0.15, 0.2) is 69.4 Å². The Hall–Kier alpha value is -2.45. The molecule has 0 saturated carbocycles. The van der Waals surface area contributed by atoms with Crippen LogP contribution >= 0.6 is 27.7 Å². The van der Waals surface area contributed by atoms with Gasteiger partial charge in [-0.3, -0.25) is 4.79 Å². The smallest absolute Gasteiger partial charge is 0.227 e. The van der Waals surface area contributed by atoms with E-state index in [9.17, 15) is 9.18 Å². The van der Waals surface area contributed by atoms with Crippen molar-refractivity contribution >= 4 is 39.4 Å². The summed E-state index contributed by atoms with van der Waals surface area (Å²) in [5.41, 5.74) is 3.74. The van der Waals surface area contributed by atoms with Crippen molar-refractivity contribution in [1.82, 2.24) is 14.8 Å². The van der Waals surface area contributed by atoms with Crippen molar-refractivity contribution in [1.29, 1.82) is 0 Å². The molecule has 3 aromatic rings. The lowest BCUT2D eigenvalue weighted by Crippen LogP contribution is -2.31. The molecule has 0 spiro atoms. The Morgan fingerprint density at radius 2 is 1.90 bits per heavy atom. The summed E-state index contributed by atoms with van der Waals surface area (Å²) in [4.78, 5) is 17.5. The van der Waals surface area contributed by atoms with Gasteiger partial charge in [0.15, 0.2) is 5.78 Å². The Labute approximate surface area is 185 Å². The molecule has 2 aliphatic rings. The first-order valence-corrected chi connectivity index (χ1v) is 11.5. The van der Waals surface area contributed by atoms with Gasteiger partial charge in [0.25, 0.3) is 0 Å². The normalized spacial score (nSPS) is 18.1. The van der Waals surface area contributed by atoms with Crippen molar-refractivity contribution in [3.05, 3.63) is 81.2 Å². The molecular formula is C22H18BrFN4OS. The lowest BCUT2D eigenvalue weighted by atomic mass is 9.85. The van der Waals surface area contributed by atoms with Crippen molar-refractivity contribution in [2.24, 2.45) is 0 Å². The quantitative estimate of drug-likeness (QED) is 0.495. The summed E-state index contributed by atoms with van der Waals surface area (Å²) < 4.78 is 15.9. The minimum Gasteiger partial charge on any atom is -0.328 e. The zero-order chi connectivity index (χ0) is 20.7. The standard InChI is InChI=1S/C22H18BrFN4OS/c23-15-8-6-14(7-9-15)20-19-17(2-1-3-18(19)29)25-21-26-22(27-28(20)21)30-12-13-4-10-16(24)11-5-13/h4-11,20H,1-3,12H2,(H,25,26,27). The van der Waals surface area contributed by atoms with E-state index in [1.807, 2.05) is 28.9 Å². The third-order valence-electron chi connectivity index (χ3n) is 5.32. The van der Waals surface area contributed by atoms with Crippen LogP contribution in [0.2, 0.25) is 0 Å². The molecule has 0 fully saturated rings. The molecule has 1 unspecified atom stereocenters. The number of allylic oxidation sites excluding steroid dienone is 2.